The van der Waals surface area contributed by atoms with Crippen LogP contribution in [0.3, 0.4) is 0 Å². The van der Waals surface area contributed by atoms with E-state index in [1.165, 1.54) is 13.4 Å². The molecule has 0 saturated heterocycles. The average molecular weight is 411 g/mol. The topological polar surface area (TPSA) is 112 Å². The van der Waals surface area contributed by atoms with Crippen LogP contribution in [0.1, 0.15) is 26.3 Å². The molecule has 0 saturated carbocycles. The maximum absolute atomic E-state index is 11.1. The predicted molar refractivity (Wildman–Crippen MR) is 113 cm³/mol. The molecular weight excluding hydrogens is 392 g/mol. The molecule has 148 valence electrons. The van der Waals surface area contributed by atoms with Crippen LogP contribution in [-0.4, -0.2) is 37.8 Å². The Morgan fingerprint density at radius 2 is 2.03 bits per heavy atom. The number of aromatic amines is 1. The molecule has 0 amide bonds. The summed E-state index contributed by atoms with van der Waals surface area (Å²) in [6.45, 7) is 6.12. The van der Waals surface area contributed by atoms with Crippen molar-refractivity contribution in [3.63, 3.8) is 0 Å². The van der Waals surface area contributed by atoms with Gasteiger partial charge in [-0.2, -0.15) is 5.10 Å². The molecular formula is C20H19ClN6O2. The standard InChI is InChI=1S/C20H19ClN6O2/c1-20(2,3)27-19-16(18(22)23-9-24-19)17(26-27)14-6-10-5-12(21)11(7-13(10)25-14)15(8-28)29-4/h5-7,9,25H,1-4H3,(H2,22,23,24). The first-order valence-corrected chi connectivity index (χ1v) is 9.24. The van der Waals surface area contributed by atoms with E-state index in [0.717, 1.165) is 16.6 Å². The van der Waals surface area contributed by atoms with Gasteiger partial charge in [-0.15, -0.1) is 0 Å². The number of hydrogen-bond donors (Lipinski definition) is 2. The van der Waals surface area contributed by atoms with Gasteiger partial charge in [0, 0.05) is 16.5 Å². The normalized spacial score (nSPS) is 11.8. The van der Waals surface area contributed by atoms with E-state index in [1.807, 2.05) is 31.5 Å². The van der Waals surface area contributed by atoms with E-state index < -0.39 is 0 Å². The number of hydrogen-bond acceptors (Lipinski definition) is 6. The van der Waals surface area contributed by atoms with Crippen molar-refractivity contribution in [2.75, 3.05) is 12.8 Å². The van der Waals surface area contributed by atoms with Crippen LogP contribution in [0, 0.1) is 0 Å². The Hall–Kier alpha value is -3.35. The summed E-state index contributed by atoms with van der Waals surface area (Å²) < 4.78 is 6.90. The third-order valence-corrected chi connectivity index (χ3v) is 4.95. The third-order valence-electron chi connectivity index (χ3n) is 4.63. The van der Waals surface area contributed by atoms with Crippen molar-refractivity contribution >= 4 is 51.1 Å². The van der Waals surface area contributed by atoms with Crippen LogP contribution in [0.5, 0.6) is 0 Å². The number of nitrogen functional groups attached to an aromatic ring is 1. The number of benzene rings is 1. The minimum absolute atomic E-state index is 0.0353. The van der Waals surface area contributed by atoms with Gasteiger partial charge < -0.3 is 15.5 Å². The molecule has 0 atom stereocenters. The van der Waals surface area contributed by atoms with Crippen molar-refractivity contribution in [3.05, 3.63) is 35.1 Å². The summed E-state index contributed by atoms with van der Waals surface area (Å²) in [5, 5.41) is 6.69. The molecule has 4 rings (SSSR count). The number of nitrogens with two attached hydrogens (primary N) is 1. The molecule has 0 spiro atoms. The van der Waals surface area contributed by atoms with Gasteiger partial charge in [0.2, 0.25) is 5.76 Å². The van der Waals surface area contributed by atoms with Gasteiger partial charge >= 0.3 is 0 Å². The molecule has 3 aromatic heterocycles. The molecule has 0 fully saturated rings. The van der Waals surface area contributed by atoms with Gasteiger partial charge in [0.25, 0.3) is 0 Å². The number of ether oxygens (including phenoxy) is 1. The van der Waals surface area contributed by atoms with Crippen molar-refractivity contribution in [1.82, 2.24) is 24.7 Å². The summed E-state index contributed by atoms with van der Waals surface area (Å²) in [5.41, 5.74) is 9.11. The zero-order valence-corrected chi connectivity index (χ0v) is 17.1. The highest BCUT2D eigenvalue weighted by Crippen LogP contribution is 2.35. The lowest BCUT2D eigenvalue weighted by molar-refractivity contribution is 0.366. The highest BCUT2D eigenvalue weighted by atomic mass is 35.5. The van der Waals surface area contributed by atoms with Crippen molar-refractivity contribution in [1.29, 1.82) is 0 Å². The Labute approximate surface area is 171 Å². The fourth-order valence-corrected chi connectivity index (χ4v) is 3.55. The first-order chi connectivity index (χ1) is 13.7. The number of anilines is 1. The Bertz CT molecular complexity index is 1310. The molecule has 0 aliphatic carbocycles. The van der Waals surface area contributed by atoms with E-state index in [-0.39, 0.29) is 11.3 Å². The Morgan fingerprint density at radius 1 is 1.28 bits per heavy atom. The second-order valence-electron chi connectivity index (χ2n) is 7.63. The summed E-state index contributed by atoms with van der Waals surface area (Å²) in [6, 6.07) is 5.42. The summed E-state index contributed by atoms with van der Waals surface area (Å²) in [7, 11) is 1.40. The first-order valence-electron chi connectivity index (χ1n) is 8.86. The fraction of sp³-hybridized carbons (Fsp3) is 0.250. The van der Waals surface area contributed by atoms with Crippen LogP contribution < -0.4 is 5.73 Å². The van der Waals surface area contributed by atoms with Gasteiger partial charge in [-0.3, -0.25) is 0 Å². The largest absolute Gasteiger partial charge is 0.486 e. The number of methoxy groups -OCH3 is 1. The fourth-order valence-electron chi connectivity index (χ4n) is 3.29. The zero-order chi connectivity index (χ0) is 20.9. The Kier molecular flexibility index (Phi) is 4.33. The van der Waals surface area contributed by atoms with Crippen LogP contribution in [0.25, 0.3) is 39.1 Å². The lowest BCUT2D eigenvalue weighted by Crippen LogP contribution is -2.23. The molecule has 3 N–H and O–H groups in total. The number of halogens is 1. The number of carbonyl (C=O) groups excluding carboxylic acids is 1. The molecule has 0 aliphatic rings. The summed E-state index contributed by atoms with van der Waals surface area (Å²) >= 11 is 6.34. The van der Waals surface area contributed by atoms with E-state index >= 15 is 0 Å². The van der Waals surface area contributed by atoms with Gasteiger partial charge in [-0.25, -0.2) is 19.4 Å². The number of nitrogens with one attached hydrogen (secondary N) is 1. The van der Waals surface area contributed by atoms with Crippen LogP contribution >= 0.6 is 11.6 Å². The Morgan fingerprint density at radius 3 is 2.69 bits per heavy atom. The van der Waals surface area contributed by atoms with Gasteiger partial charge in [0.15, 0.2) is 11.6 Å². The highest BCUT2D eigenvalue weighted by Gasteiger charge is 2.25. The molecule has 1 aromatic carbocycles. The second-order valence-corrected chi connectivity index (χ2v) is 8.03. The van der Waals surface area contributed by atoms with Crippen molar-refractivity contribution in [2.24, 2.45) is 0 Å². The molecule has 4 aromatic rings. The Balaban J connectivity index is 1.98. The van der Waals surface area contributed by atoms with E-state index in [2.05, 4.69) is 15.0 Å². The molecule has 3 heterocycles. The van der Waals surface area contributed by atoms with Gasteiger partial charge in [0.05, 0.1) is 28.8 Å². The third kappa shape index (κ3) is 3.03. The first kappa shape index (κ1) is 19.0. The van der Waals surface area contributed by atoms with Crippen LogP contribution in [-0.2, 0) is 15.1 Å². The van der Waals surface area contributed by atoms with Crippen LogP contribution in [0.4, 0.5) is 5.82 Å². The number of fused-ring (bicyclic) bond motifs is 2. The summed E-state index contributed by atoms with van der Waals surface area (Å²) in [5.74, 6) is 2.15. The quantitative estimate of drug-likeness (QED) is 0.392. The van der Waals surface area contributed by atoms with Crippen molar-refractivity contribution in [3.8, 4) is 11.4 Å². The zero-order valence-electron chi connectivity index (χ0n) is 16.4. The molecule has 0 bridgehead atoms. The number of rotatable bonds is 3. The van der Waals surface area contributed by atoms with Gasteiger partial charge in [-0.1, -0.05) is 11.6 Å². The van der Waals surface area contributed by atoms with Crippen LogP contribution in [0.2, 0.25) is 5.02 Å². The summed E-state index contributed by atoms with van der Waals surface area (Å²) in [4.78, 5) is 23.0. The molecule has 0 unspecified atom stereocenters. The van der Waals surface area contributed by atoms with Gasteiger partial charge in [-0.05, 0) is 39.0 Å². The lowest BCUT2D eigenvalue weighted by Gasteiger charge is -2.19. The molecule has 0 radical (unpaired) electrons. The highest BCUT2D eigenvalue weighted by molar-refractivity contribution is 6.33. The minimum atomic E-state index is -0.304. The predicted octanol–water partition coefficient (Wildman–Crippen LogP) is 3.78. The van der Waals surface area contributed by atoms with E-state index in [9.17, 15) is 4.79 Å². The molecule has 29 heavy (non-hydrogen) atoms. The van der Waals surface area contributed by atoms with Crippen molar-refractivity contribution in [2.45, 2.75) is 26.3 Å². The monoisotopic (exact) mass is 410 g/mol. The SMILES string of the molecule is COC(=C=O)c1cc2[nH]c(-c3nn(C(C)(C)C)c4ncnc(N)c34)cc2cc1Cl. The maximum atomic E-state index is 11.1. The lowest BCUT2D eigenvalue weighted by atomic mass is 10.1. The van der Waals surface area contributed by atoms with E-state index in [1.54, 1.807) is 18.1 Å². The van der Waals surface area contributed by atoms with Crippen LogP contribution in [0.15, 0.2) is 24.5 Å². The smallest absolute Gasteiger partial charge is 0.212 e. The van der Waals surface area contributed by atoms with E-state index in [0.29, 0.717) is 33.1 Å². The average Bonchev–Trinajstić information content (AvgIpc) is 3.24. The molecule has 0 aliphatic heterocycles. The van der Waals surface area contributed by atoms with Crippen molar-refractivity contribution < 1.29 is 9.53 Å². The number of H-pyrrole nitrogens is 1. The van der Waals surface area contributed by atoms with Gasteiger partial charge in [0.1, 0.15) is 17.8 Å². The second kappa shape index (κ2) is 6.62. The maximum Gasteiger partial charge on any atom is 0.212 e. The minimum Gasteiger partial charge on any atom is -0.486 e. The molecule has 9 heteroatoms. The summed E-state index contributed by atoms with van der Waals surface area (Å²) in [6.07, 6.45) is 1.43. The van der Waals surface area contributed by atoms with E-state index in [4.69, 9.17) is 27.2 Å². The number of aromatic nitrogens is 5. The molecule has 8 nitrogen and oxygen atoms in total. The number of nitrogens with zero attached hydrogens (tertiary/aromatic N) is 4.